The maximum absolute atomic E-state index is 12.2. The minimum Gasteiger partial charge on any atom is -0.494 e. The third-order valence-corrected chi connectivity index (χ3v) is 5.08. The molecule has 8 nitrogen and oxygen atoms in total. The van der Waals surface area contributed by atoms with Crippen LogP contribution in [0.15, 0.2) is 29.2 Å². The van der Waals surface area contributed by atoms with Crippen LogP contribution in [0.4, 0.5) is 0 Å². The third kappa shape index (κ3) is 6.30. The topological polar surface area (TPSA) is 110 Å². The number of hydrogen-bond donors (Lipinski definition) is 1. The summed E-state index contributed by atoms with van der Waals surface area (Å²) in [5.74, 6) is -0.461. The van der Waals surface area contributed by atoms with Gasteiger partial charge in [-0.05, 0) is 30.7 Å². The van der Waals surface area contributed by atoms with Gasteiger partial charge in [-0.1, -0.05) is 0 Å². The van der Waals surface area contributed by atoms with Crippen LogP contribution < -0.4 is 4.74 Å². The molecule has 0 radical (unpaired) electrons. The summed E-state index contributed by atoms with van der Waals surface area (Å²) >= 11 is 0. The van der Waals surface area contributed by atoms with Crippen molar-refractivity contribution in [3.63, 3.8) is 0 Å². The Morgan fingerprint density at radius 1 is 1.31 bits per heavy atom. The Bertz CT molecular complexity index is 730. The minimum atomic E-state index is -3.23. The summed E-state index contributed by atoms with van der Waals surface area (Å²) < 4.78 is 33.6. The van der Waals surface area contributed by atoms with Gasteiger partial charge in [0, 0.05) is 25.8 Å². The molecule has 1 aliphatic rings. The molecule has 1 heterocycles. The molecule has 2 rings (SSSR count). The smallest absolute Gasteiger partial charge is 0.306 e. The Balaban J connectivity index is 1.72. The van der Waals surface area contributed by atoms with Crippen LogP contribution in [0, 0.1) is 0 Å². The number of morpholine rings is 1. The molecule has 26 heavy (non-hydrogen) atoms. The Labute approximate surface area is 152 Å². The van der Waals surface area contributed by atoms with Crippen molar-refractivity contribution < 1.29 is 32.6 Å². The molecule has 1 atom stereocenters. The molecule has 1 aromatic carbocycles. The van der Waals surface area contributed by atoms with E-state index < -0.39 is 21.9 Å². The van der Waals surface area contributed by atoms with Crippen LogP contribution >= 0.6 is 0 Å². The molecule has 9 heteroatoms. The fourth-order valence-corrected chi connectivity index (χ4v) is 3.25. The number of carbonyl (C=O) groups is 2. The maximum Gasteiger partial charge on any atom is 0.306 e. The number of carbonyl (C=O) groups excluding carboxylic acids is 1. The number of amides is 1. The van der Waals surface area contributed by atoms with Gasteiger partial charge in [-0.25, -0.2) is 8.42 Å². The number of benzene rings is 1. The van der Waals surface area contributed by atoms with E-state index in [-0.39, 0.29) is 17.2 Å². The van der Waals surface area contributed by atoms with Crippen LogP contribution in [0.5, 0.6) is 5.75 Å². The first-order chi connectivity index (χ1) is 12.3. The van der Waals surface area contributed by atoms with Gasteiger partial charge in [0.1, 0.15) is 5.75 Å². The highest BCUT2D eigenvalue weighted by molar-refractivity contribution is 7.90. The predicted molar refractivity (Wildman–Crippen MR) is 92.9 cm³/mol. The second kappa shape index (κ2) is 9.00. The van der Waals surface area contributed by atoms with E-state index in [0.29, 0.717) is 44.9 Å². The Hall–Kier alpha value is -2.13. The lowest BCUT2D eigenvalue weighted by Gasteiger charge is -2.32. The van der Waals surface area contributed by atoms with Gasteiger partial charge in [0.2, 0.25) is 5.91 Å². The summed E-state index contributed by atoms with van der Waals surface area (Å²) in [7, 11) is -3.23. The van der Waals surface area contributed by atoms with Gasteiger partial charge >= 0.3 is 5.97 Å². The maximum atomic E-state index is 12.2. The molecule has 1 fully saturated rings. The number of ether oxygens (including phenoxy) is 2. The zero-order valence-electron chi connectivity index (χ0n) is 14.6. The zero-order chi connectivity index (χ0) is 19.2. The lowest BCUT2D eigenvalue weighted by Crippen LogP contribution is -2.46. The molecule has 1 amide bonds. The summed E-state index contributed by atoms with van der Waals surface area (Å²) in [6.45, 7) is 1.42. The second-order valence-corrected chi connectivity index (χ2v) is 8.14. The van der Waals surface area contributed by atoms with Gasteiger partial charge in [0.05, 0.1) is 30.6 Å². The van der Waals surface area contributed by atoms with E-state index in [1.54, 1.807) is 17.0 Å². The van der Waals surface area contributed by atoms with E-state index in [1.807, 2.05) is 0 Å². The summed E-state index contributed by atoms with van der Waals surface area (Å²) in [5.41, 5.74) is 0. The molecule has 1 unspecified atom stereocenters. The molecule has 1 saturated heterocycles. The molecule has 0 bridgehead atoms. The van der Waals surface area contributed by atoms with Crippen molar-refractivity contribution in [2.45, 2.75) is 30.3 Å². The number of rotatable bonds is 8. The Morgan fingerprint density at radius 3 is 2.62 bits per heavy atom. The third-order valence-electron chi connectivity index (χ3n) is 3.95. The SMILES string of the molecule is CS(=O)(=O)c1ccc(OCCCC(=O)N2CCOC(CC(=O)O)C2)cc1. The van der Waals surface area contributed by atoms with E-state index in [0.717, 1.165) is 6.26 Å². The van der Waals surface area contributed by atoms with Gasteiger partial charge in [-0.15, -0.1) is 0 Å². The first-order valence-corrected chi connectivity index (χ1v) is 10.2. The average molecular weight is 385 g/mol. The monoisotopic (exact) mass is 385 g/mol. The molecule has 1 N–H and O–H groups in total. The molecule has 0 aromatic heterocycles. The normalized spacial score (nSPS) is 17.7. The molecule has 144 valence electrons. The van der Waals surface area contributed by atoms with Crippen molar-refractivity contribution in [1.82, 2.24) is 4.90 Å². The first-order valence-electron chi connectivity index (χ1n) is 8.30. The highest BCUT2D eigenvalue weighted by Gasteiger charge is 2.25. The number of carboxylic acid groups (broad SMARTS) is 1. The van der Waals surface area contributed by atoms with E-state index in [9.17, 15) is 18.0 Å². The average Bonchev–Trinajstić information content (AvgIpc) is 2.58. The van der Waals surface area contributed by atoms with E-state index in [1.165, 1.54) is 12.1 Å². The Kier molecular flexibility index (Phi) is 6.98. The van der Waals surface area contributed by atoms with Crippen LogP contribution in [-0.2, 0) is 24.2 Å². The predicted octanol–water partition coefficient (Wildman–Crippen LogP) is 0.951. The van der Waals surface area contributed by atoms with Crippen LogP contribution in [0.2, 0.25) is 0 Å². The van der Waals surface area contributed by atoms with Crippen LogP contribution in [-0.4, -0.2) is 69.0 Å². The van der Waals surface area contributed by atoms with Crippen LogP contribution in [0.3, 0.4) is 0 Å². The molecule has 1 aliphatic heterocycles. The largest absolute Gasteiger partial charge is 0.494 e. The summed E-state index contributed by atoms with van der Waals surface area (Å²) in [4.78, 5) is 24.8. The van der Waals surface area contributed by atoms with E-state index >= 15 is 0 Å². The van der Waals surface area contributed by atoms with E-state index in [4.69, 9.17) is 14.6 Å². The summed E-state index contributed by atoms with van der Waals surface area (Å²) in [6.07, 6.45) is 1.36. The first kappa shape index (κ1) is 20.2. The highest BCUT2D eigenvalue weighted by atomic mass is 32.2. The van der Waals surface area contributed by atoms with Crippen LogP contribution in [0.25, 0.3) is 0 Å². The lowest BCUT2D eigenvalue weighted by molar-refractivity contribution is -0.147. The number of carboxylic acids is 1. The number of nitrogens with zero attached hydrogens (tertiary/aromatic N) is 1. The van der Waals surface area contributed by atoms with Crippen molar-refractivity contribution in [1.29, 1.82) is 0 Å². The molecule has 0 saturated carbocycles. The summed E-state index contributed by atoms with van der Waals surface area (Å²) in [5, 5.41) is 8.80. The van der Waals surface area contributed by atoms with Crippen molar-refractivity contribution in [2.75, 3.05) is 32.6 Å². The van der Waals surface area contributed by atoms with Gasteiger partial charge < -0.3 is 19.5 Å². The molecular weight excluding hydrogens is 362 g/mol. The van der Waals surface area contributed by atoms with Crippen molar-refractivity contribution in [3.8, 4) is 5.75 Å². The lowest BCUT2D eigenvalue weighted by atomic mass is 10.2. The van der Waals surface area contributed by atoms with Gasteiger partial charge in [0.25, 0.3) is 0 Å². The molecule has 0 spiro atoms. The Morgan fingerprint density at radius 2 is 2.00 bits per heavy atom. The number of sulfone groups is 1. The molecular formula is C17H23NO7S. The number of aliphatic carboxylic acids is 1. The number of hydrogen-bond acceptors (Lipinski definition) is 6. The van der Waals surface area contributed by atoms with Crippen LogP contribution in [0.1, 0.15) is 19.3 Å². The summed E-state index contributed by atoms with van der Waals surface area (Å²) in [6, 6.07) is 6.12. The second-order valence-electron chi connectivity index (χ2n) is 6.13. The van der Waals surface area contributed by atoms with Gasteiger partial charge in [0.15, 0.2) is 9.84 Å². The molecule has 0 aliphatic carbocycles. The van der Waals surface area contributed by atoms with E-state index in [2.05, 4.69) is 0 Å². The van der Waals surface area contributed by atoms with Crippen molar-refractivity contribution in [2.24, 2.45) is 0 Å². The van der Waals surface area contributed by atoms with Gasteiger partial charge in [-0.3, -0.25) is 9.59 Å². The van der Waals surface area contributed by atoms with Crippen molar-refractivity contribution in [3.05, 3.63) is 24.3 Å². The van der Waals surface area contributed by atoms with Crippen molar-refractivity contribution >= 4 is 21.7 Å². The quantitative estimate of drug-likeness (QED) is 0.663. The highest BCUT2D eigenvalue weighted by Crippen LogP contribution is 2.16. The standard InChI is InChI=1S/C17H23NO7S/c1-26(22,23)15-6-4-13(5-7-15)24-9-2-3-16(19)18-8-10-25-14(12-18)11-17(20)21/h4-7,14H,2-3,8-12H2,1H3,(H,20,21). The zero-order valence-corrected chi connectivity index (χ0v) is 15.4. The molecule has 1 aromatic rings. The fourth-order valence-electron chi connectivity index (χ4n) is 2.62. The minimum absolute atomic E-state index is 0.0558. The fraction of sp³-hybridized carbons (Fsp3) is 0.529. The van der Waals surface area contributed by atoms with Gasteiger partial charge in [-0.2, -0.15) is 0 Å².